The van der Waals surface area contributed by atoms with Crippen molar-refractivity contribution in [2.45, 2.75) is 26.4 Å². The average molecular weight is 416 g/mol. The Balaban J connectivity index is 1.75. The summed E-state index contributed by atoms with van der Waals surface area (Å²) in [6.45, 7) is 3.81. The Morgan fingerprint density at radius 3 is 2.81 bits per heavy atom. The number of benzene rings is 1. The van der Waals surface area contributed by atoms with E-state index in [9.17, 15) is 4.79 Å². The molecule has 0 bridgehead atoms. The normalized spacial score (nSPS) is 12.6. The third-order valence-corrected chi connectivity index (χ3v) is 5.54. The zero-order valence-corrected chi connectivity index (χ0v) is 17.3. The molecule has 0 saturated heterocycles. The summed E-state index contributed by atoms with van der Waals surface area (Å²) in [7, 11) is 1.68. The topological polar surface area (TPSA) is 107 Å². The van der Waals surface area contributed by atoms with Gasteiger partial charge in [-0.25, -0.2) is 4.79 Å². The van der Waals surface area contributed by atoms with Crippen molar-refractivity contribution in [1.29, 1.82) is 0 Å². The van der Waals surface area contributed by atoms with Crippen molar-refractivity contribution in [1.82, 2.24) is 20.1 Å². The number of fused-ring (bicyclic) bond motifs is 3. The molecule has 156 valence electrons. The highest BCUT2D eigenvalue weighted by molar-refractivity contribution is 6.03. The quantitative estimate of drug-likeness (QED) is 0.456. The van der Waals surface area contributed by atoms with Gasteiger partial charge >= 0.3 is 5.76 Å². The van der Waals surface area contributed by atoms with Crippen LogP contribution in [-0.2, 0) is 11.2 Å². The number of aromatic amines is 1. The van der Waals surface area contributed by atoms with Gasteiger partial charge in [0.1, 0.15) is 5.76 Å². The number of hydrogen-bond acceptors (Lipinski definition) is 7. The highest BCUT2D eigenvalue weighted by Gasteiger charge is 2.21. The number of pyridine rings is 2. The first-order chi connectivity index (χ1) is 15.0. The van der Waals surface area contributed by atoms with Gasteiger partial charge in [-0.2, -0.15) is 0 Å². The molecule has 1 unspecified atom stereocenters. The number of methoxy groups -OCH3 is 1. The molecular formula is C23H20N4O4. The molecule has 0 aliphatic rings. The summed E-state index contributed by atoms with van der Waals surface area (Å²) in [5.74, 6) is 0.219. The fourth-order valence-electron chi connectivity index (χ4n) is 4.07. The monoisotopic (exact) mass is 416 g/mol. The van der Waals surface area contributed by atoms with E-state index in [4.69, 9.17) is 13.7 Å². The number of nitrogens with one attached hydrogen (secondary N) is 1. The van der Waals surface area contributed by atoms with E-state index in [2.05, 4.69) is 20.1 Å². The van der Waals surface area contributed by atoms with Crippen LogP contribution in [-0.4, -0.2) is 27.2 Å². The van der Waals surface area contributed by atoms with Gasteiger partial charge in [-0.3, -0.25) is 15.0 Å². The first-order valence-electron chi connectivity index (χ1n) is 9.85. The number of aromatic nitrogens is 4. The van der Waals surface area contributed by atoms with E-state index in [0.29, 0.717) is 17.5 Å². The summed E-state index contributed by atoms with van der Waals surface area (Å²) in [5.41, 5.74) is 6.45. The SMILES string of the molecule is COC(Cc1cc2c(cc1-c1c(C)noc1C)ncc1oc(=O)[nH]c12)c1cccnc1. The predicted molar refractivity (Wildman–Crippen MR) is 115 cm³/mol. The summed E-state index contributed by atoms with van der Waals surface area (Å²) in [6, 6.07) is 7.91. The van der Waals surface area contributed by atoms with Crippen LogP contribution in [0.1, 0.15) is 28.7 Å². The van der Waals surface area contributed by atoms with Crippen molar-refractivity contribution >= 4 is 22.0 Å². The molecule has 4 aromatic heterocycles. The Labute approximate surface area is 176 Å². The van der Waals surface area contributed by atoms with Crippen LogP contribution in [0.25, 0.3) is 33.1 Å². The number of aryl methyl sites for hydroxylation is 2. The number of nitrogens with zero attached hydrogens (tertiary/aromatic N) is 3. The van der Waals surface area contributed by atoms with Crippen molar-refractivity contribution < 1.29 is 13.7 Å². The van der Waals surface area contributed by atoms with E-state index in [1.807, 2.05) is 38.1 Å². The van der Waals surface area contributed by atoms with Gasteiger partial charge in [0, 0.05) is 36.9 Å². The molecule has 31 heavy (non-hydrogen) atoms. The predicted octanol–water partition coefficient (Wildman–Crippen LogP) is 4.27. The molecule has 5 rings (SSSR count). The van der Waals surface area contributed by atoms with Gasteiger partial charge in [-0.15, -0.1) is 0 Å². The van der Waals surface area contributed by atoms with Gasteiger partial charge in [0.2, 0.25) is 0 Å². The van der Waals surface area contributed by atoms with E-state index in [0.717, 1.165) is 44.6 Å². The zero-order valence-electron chi connectivity index (χ0n) is 17.3. The molecule has 4 heterocycles. The van der Waals surface area contributed by atoms with E-state index >= 15 is 0 Å². The number of hydrogen-bond donors (Lipinski definition) is 1. The highest BCUT2D eigenvalue weighted by Crippen LogP contribution is 2.36. The van der Waals surface area contributed by atoms with Crippen LogP contribution in [0.2, 0.25) is 0 Å². The second-order valence-corrected chi connectivity index (χ2v) is 7.45. The fourth-order valence-corrected chi connectivity index (χ4v) is 4.07. The molecule has 0 radical (unpaired) electrons. The highest BCUT2D eigenvalue weighted by atomic mass is 16.5. The molecule has 0 saturated carbocycles. The molecule has 0 amide bonds. The average Bonchev–Trinajstić information content (AvgIpc) is 3.33. The maximum atomic E-state index is 11.8. The number of ether oxygens (including phenoxy) is 1. The molecular weight excluding hydrogens is 396 g/mol. The molecule has 1 aromatic carbocycles. The van der Waals surface area contributed by atoms with Crippen molar-refractivity contribution in [2.24, 2.45) is 0 Å². The van der Waals surface area contributed by atoms with Crippen LogP contribution < -0.4 is 5.76 Å². The summed E-state index contributed by atoms with van der Waals surface area (Å²) < 4.78 is 16.4. The Morgan fingerprint density at radius 1 is 1.23 bits per heavy atom. The van der Waals surface area contributed by atoms with Gasteiger partial charge in [0.05, 0.1) is 29.0 Å². The number of H-pyrrole nitrogens is 1. The Bertz CT molecular complexity index is 1430. The summed E-state index contributed by atoms with van der Waals surface area (Å²) >= 11 is 0. The number of rotatable bonds is 5. The largest absolute Gasteiger partial charge is 0.417 e. The second-order valence-electron chi connectivity index (χ2n) is 7.45. The Morgan fingerprint density at radius 2 is 2.10 bits per heavy atom. The van der Waals surface area contributed by atoms with Crippen LogP contribution in [0, 0.1) is 13.8 Å². The molecule has 0 spiro atoms. The molecule has 1 N–H and O–H groups in total. The van der Waals surface area contributed by atoms with Crippen LogP contribution in [0.5, 0.6) is 0 Å². The van der Waals surface area contributed by atoms with Crippen LogP contribution in [0.3, 0.4) is 0 Å². The fraction of sp³-hybridized carbons (Fsp3) is 0.217. The minimum Gasteiger partial charge on any atom is -0.406 e. The van der Waals surface area contributed by atoms with E-state index < -0.39 is 5.76 Å². The van der Waals surface area contributed by atoms with Gasteiger partial charge < -0.3 is 13.7 Å². The van der Waals surface area contributed by atoms with Crippen LogP contribution in [0.4, 0.5) is 0 Å². The third-order valence-electron chi connectivity index (χ3n) is 5.54. The maximum absolute atomic E-state index is 11.8. The van der Waals surface area contributed by atoms with Crippen molar-refractivity contribution in [3.05, 3.63) is 76.0 Å². The zero-order chi connectivity index (χ0) is 21.5. The summed E-state index contributed by atoms with van der Waals surface area (Å²) in [5, 5.41) is 4.93. The molecule has 0 aliphatic carbocycles. The molecule has 5 aromatic rings. The Kier molecular flexibility index (Phi) is 4.63. The van der Waals surface area contributed by atoms with Crippen molar-refractivity contribution in [3.63, 3.8) is 0 Å². The van der Waals surface area contributed by atoms with Crippen molar-refractivity contribution in [2.75, 3.05) is 7.11 Å². The lowest BCUT2D eigenvalue weighted by atomic mass is 9.91. The molecule has 0 fully saturated rings. The molecule has 1 atom stereocenters. The lowest BCUT2D eigenvalue weighted by molar-refractivity contribution is 0.103. The van der Waals surface area contributed by atoms with Gasteiger partial charge in [0.15, 0.2) is 5.58 Å². The first-order valence-corrected chi connectivity index (χ1v) is 9.85. The third kappa shape index (κ3) is 3.30. The minimum absolute atomic E-state index is 0.207. The summed E-state index contributed by atoms with van der Waals surface area (Å²) in [4.78, 5) is 23.3. The first kappa shape index (κ1) is 19.2. The lowest BCUT2D eigenvalue weighted by Gasteiger charge is -2.18. The van der Waals surface area contributed by atoms with Gasteiger partial charge in [-0.1, -0.05) is 11.2 Å². The lowest BCUT2D eigenvalue weighted by Crippen LogP contribution is -2.07. The van der Waals surface area contributed by atoms with E-state index in [1.165, 1.54) is 0 Å². The molecule has 8 nitrogen and oxygen atoms in total. The van der Waals surface area contributed by atoms with Crippen LogP contribution in [0.15, 0.2) is 56.6 Å². The van der Waals surface area contributed by atoms with E-state index in [-0.39, 0.29) is 6.10 Å². The maximum Gasteiger partial charge on any atom is 0.417 e. The second kappa shape index (κ2) is 7.48. The van der Waals surface area contributed by atoms with Crippen LogP contribution >= 0.6 is 0 Å². The molecule has 0 aliphatic heterocycles. The van der Waals surface area contributed by atoms with Gasteiger partial charge in [-0.05, 0) is 48.7 Å². The minimum atomic E-state index is -0.509. The van der Waals surface area contributed by atoms with Crippen molar-refractivity contribution in [3.8, 4) is 11.1 Å². The standard InChI is InChI=1S/C23H20N4O4/c1-12-21(13(2)31-27-12)16-9-18-17(22-20(11-25-18)30-23(28)26-22)7-15(16)8-19(29-3)14-5-4-6-24-10-14/h4-7,9-11,19H,8H2,1-3H3,(H,26,28). The van der Waals surface area contributed by atoms with E-state index in [1.54, 1.807) is 25.7 Å². The molecule has 8 heteroatoms. The smallest absolute Gasteiger partial charge is 0.406 e. The number of oxazole rings is 1. The Hall–Kier alpha value is -3.78. The van der Waals surface area contributed by atoms with Gasteiger partial charge in [0.25, 0.3) is 0 Å². The summed E-state index contributed by atoms with van der Waals surface area (Å²) in [6.07, 6.45) is 5.47.